The zero-order chi connectivity index (χ0) is 20.0. The van der Waals surface area contributed by atoms with Crippen LogP contribution >= 0.6 is 0 Å². The van der Waals surface area contributed by atoms with Gasteiger partial charge in [0.2, 0.25) is 0 Å². The Morgan fingerprint density at radius 1 is 1.04 bits per heavy atom. The molecule has 0 aromatic heterocycles. The molecule has 4 N–H and O–H groups in total. The number of ether oxygens (including phenoxy) is 1. The maximum absolute atomic E-state index is 12.1. The van der Waals surface area contributed by atoms with Crippen LogP contribution in [0.3, 0.4) is 0 Å². The molecule has 0 aliphatic heterocycles. The third-order valence-electron chi connectivity index (χ3n) is 4.07. The Morgan fingerprint density at radius 2 is 1.78 bits per heavy atom. The Balaban J connectivity index is 1.98. The molecule has 0 saturated heterocycles. The van der Waals surface area contributed by atoms with Gasteiger partial charge in [-0.25, -0.2) is 4.79 Å². The number of hydrogen-bond donors (Lipinski definition) is 4. The lowest BCUT2D eigenvalue weighted by Crippen LogP contribution is -2.06. The largest absolute Gasteiger partial charge is 0.507 e. The summed E-state index contributed by atoms with van der Waals surface area (Å²) in [6.45, 7) is 2.11. The number of rotatable bonds is 9. The van der Waals surface area contributed by atoms with E-state index in [1.54, 1.807) is 0 Å². The average molecular weight is 374 g/mol. The van der Waals surface area contributed by atoms with E-state index >= 15 is 0 Å². The summed E-state index contributed by atoms with van der Waals surface area (Å²) < 4.78 is 5.64. The molecule has 2 aromatic carbocycles. The summed E-state index contributed by atoms with van der Waals surface area (Å²) >= 11 is 0. The highest BCUT2D eigenvalue weighted by Crippen LogP contribution is 2.33. The lowest BCUT2D eigenvalue weighted by molar-refractivity contribution is 0.0693. The molecule has 144 valence electrons. The number of benzene rings is 2. The van der Waals surface area contributed by atoms with Crippen molar-refractivity contribution in [3.8, 4) is 23.0 Å². The number of Topliss-reactive ketones (excluding diaryl/α,β-unsaturated/α-hetero) is 1. The number of aromatic hydroxyl groups is 3. The Hall–Kier alpha value is -3.22. The number of hydrogen-bond acceptors (Lipinski definition) is 6. The molecule has 0 amide bonds. The second-order valence-electron chi connectivity index (χ2n) is 6.07. The number of carbonyl (C=O) groups is 2. The molecule has 2 rings (SSSR count). The number of phenols is 3. The van der Waals surface area contributed by atoms with E-state index in [0.717, 1.165) is 0 Å². The van der Waals surface area contributed by atoms with Crippen LogP contribution in [0.2, 0.25) is 0 Å². The summed E-state index contributed by atoms with van der Waals surface area (Å²) in [6.07, 6.45) is 1.74. The number of aromatic carboxylic acids is 1. The van der Waals surface area contributed by atoms with Crippen molar-refractivity contribution in [2.75, 3.05) is 6.61 Å². The standard InChI is InChI=1S/C20H22O7/c1-2-4-13-18(9-7-14(19(13)24)20(25)26)27-10-3-5-15(21)12-6-8-16(22)17(23)11-12/h6-9,11,22-24H,2-5,10H2,1H3,(H,25,26). The summed E-state index contributed by atoms with van der Waals surface area (Å²) in [7, 11) is 0. The van der Waals surface area contributed by atoms with Gasteiger partial charge in [0.25, 0.3) is 0 Å². The van der Waals surface area contributed by atoms with Gasteiger partial charge >= 0.3 is 5.97 Å². The highest BCUT2D eigenvalue weighted by atomic mass is 16.5. The van der Waals surface area contributed by atoms with Gasteiger partial charge in [0.15, 0.2) is 17.3 Å². The minimum atomic E-state index is -1.21. The number of carboxylic acids is 1. The molecule has 0 radical (unpaired) electrons. The Labute approximate surface area is 156 Å². The van der Waals surface area contributed by atoms with Crippen LogP contribution in [0, 0.1) is 0 Å². The summed E-state index contributed by atoms with van der Waals surface area (Å²) in [6, 6.07) is 6.69. The molecule has 7 heteroatoms. The van der Waals surface area contributed by atoms with Crippen molar-refractivity contribution < 1.29 is 34.8 Å². The van der Waals surface area contributed by atoms with Gasteiger partial charge < -0.3 is 25.2 Å². The van der Waals surface area contributed by atoms with Gasteiger partial charge in [0, 0.05) is 17.5 Å². The lowest BCUT2D eigenvalue weighted by atomic mass is 10.0. The van der Waals surface area contributed by atoms with Crippen molar-refractivity contribution in [3.63, 3.8) is 0 Å². The van der Waals surface area contributed by atoms with Crippen LogP contribution in [0.15, 0.2) is 30.3 Å². The van der Waals surface area contributed by atoms with Gasteiger partial charge in [-0.2, -0.15) is 0 Å². The van der Waals surface area contributed by atoms with Crippen LogP contribution in [0.25, 0.3) is 0 Å². The molecule has 0 saturated carbocycles. The highest BCUT2D eigenvalue weighted by molar-refractivity contribution is 5.96. The zero-order valence-electron chi connectivity index (χ0n) is 14.9. The van der Waals surface area contributed by atoms with Crippen LogP contribution < -0.4 is 4.74 Å². The van der Waals surface area contributed by atoms with Crippen molar-refractivity contribution in [2.24, 2.45) is 0 Å². The fourth-order valence-corrected chi connectivity index (χ4v) is 2.67. The Morgan fingerprint density at radius 3 is 2.41 bits per heavy atom. The van der Waals surface area contributed by atoms with E-state index in [1.165, 1.54) is 30.3 Å². The molecule has 0 unspecified atom stereocenters. The molecule has 27 heavy (non-hydrogen) atoms. The summed E-state index contributed by atoms with van der Waals surface area (Å²) in [5.74, 6) is -1.95. The van der Waals surface area contributed by atoms with Crippen LogP contribution in [-0.2, 0) is 6.42 Å². The average Bonchev–Trinajstić information content (AvgIpc) is 2.63. The first-order chi connectivity index (χ1) is 12.8. The minimum absolute atomic E-state index is 0.173. The zero-order valence-corrected chi connectivity index (χ0v) is 14.9. The third kappa shape index (κ3) is 4.91. The van der Waals surface area contributed by atoms with E-state index in [0.29, 0.717) is 36.1 Å². The van der Waals surface area contributed by atoms with Gasteiger partial charge in [0.05, 0.1) is 6.61 Å². The predicted molar refractivity (Wildman–Crippen MR) is 97.9 cm³/mol. The summed E-state index contributed by atoms with van der Waals surface area (Å²) in [5.41, 5.74) is 0.556. The second-order valence-corrected chi connectivity index (χ2v) is 6.07. The first-order valence-corrected chi connectivity index (χ1v) is 8.61. The van der Waals surface area contributed by atoms with Gasteiger partial charge in [-0.05, 0) is 43.2 Å². The molecule has 0 heterocycles. The van der Waals surface area contributed by atoms with Crippen molar-refractivity contribution in [2.45, 2.75) is 32.6 Å². The quantitative estimate of drug-likeness (QED) is 0.301. The SMILES string of the molecule is CCCc1c(OCCCC(=O)c2ccc(O)c(O)c2)ccc(C(=O)O)c1O. The molecular formula is C20H22O7. The normalized spacial score (nSPS) is 10.6. The van der Waals surface area contributed by atoms with E-state index < -0.39 is 5.97 Å². The van der Waals surface area contributed by atoms with E-state index in [4.69, 9.17) is 9.84 Å². The van der Waals surface area contributed by atoms with Gasteiger partial charge in [-0.1, -0.05) is 13.3 Å². The van der Waals surface area contributed by atoms with Crippen molar-refractivity contribution in [1.82, 2.24) is 0 Å². The molecule has 2 aromatic rings. The summed E-state index contributed by atoms with van der Waals surface area (Å²) in [4.78, 5) is 23.2. The van der Waals surface area contributed by atoms with E-state index in [9.17, 15) is 24.9 Å². The summed E-state index contributed by atoms with van der Waals surface area (Å²) in [5, 5.41) is 38.0. The molecule has 0 atom stereocenters. The van der Waals surface area contributed by atoms with E-state index in [1.807, 2.05) is 6.92 Å². The minimum Gasteiger partial charge on any atom is -0.507 e. The van der Waals surface area contributed by atoms with Crippen molar-refractivity contribution in [1.29, 1.82) is 0 Å². The monoisotopic (exact) mass is 374 g/mol. The van der Waals surface area contributed by atoms with Crippen LogP contribution in [0.5, 0.6) is 23.0 Å². The van der Waals surface area contributed by atoms with E-state index in [-0.39, 0.29) is 41.6 Å². The molecule has 0 fully saturated rings. The van der Waals surface area contributed by atoms with Crippen molar-refractivity contribution >= 4 is 11.8 Å². The maximum Gasteiger partial charge on any atom is 0.339 e. The predicted octanol–water partition coefficient (Wildman–Crippen LogP) is 3.50. The molecule has 0 bridgehead atoms. The lowest BCUT2D eigenvalue weighted by Gasteiger charge is -2.14. The second kappa shape index (κ2) is 8.93. The number of phenolic OH excluding ortho intramolecular Hbond substituents is 2. The first-order valence-electron chi connectivity index (χ1n) is 8.61. The maximum atomic E-state index is 12.1. The number of carboxylic acid groups (broad SMARTS) is 1. The smallest absolute Gasteiger partial charge is 0.339 e. The van der Waals surface area contributed by atoms with Gasteiger partial charge in [-0.3, -0.25) is 4.79 Å². The Bertz CT molecular complexity index is 842. The highest BCUT2D eigenvalue weighted by Gasteiger charge is 2.17. The van der Waals surface area contributed by atoms with E-state index in [2.05, 4.69) is 0 Å². The van der Waals surface area contributed by atoms with Gasteiger partial charge in [0.1, 0.15) is 17.1 Å². The van der Waals surface area contributed by atoms with Crippen LogP contribution in [0.4, 0.5) is 0 Å². The molecular weight excluding hydrogens is 352 g/mol. The fourth-order valence-electron chi connectivity index (χ4n) is 2.67. The van der Waals surface area contributed by atoms with Crippen LogP contribution in [0.1, 0.15) is 52.5 Å². The molecule has 0 aliphatic carbocycles. The van der Waals surface area contributed by atoms with Crippen LogP contribution in [-0.4, -0.2) is 38.8 Å². The first kappa shape index (κ1) is 20.1. The third-order valence-corrected chi connectivity index (χ3v) is 4.07. The molecule has 7 nitrogen and oxygen atoms in total. The van der Waals surface area contributed by atoms with Crippen molar-refractivity contribution in [3.05, 3.63) is 47.0 Å². The van der Waals surface area contributed by atoms with Gasteiger partial charge in [-0.15, -0.1) is 0 Å². The molecule has 0 aliphatic rings. The fraction of sp³-hybridized carbons (Fsp3) is 0.300. The topological polar surface area (TPSA) is 124 Å². The Kier molecular flexibility index (Phi) is 6.65. The molecule has 0 spiro atoms. The number of ketones is 1. The number of carbonyl (C=O) groups excluding carboxylic acids is 1.